The summed E-state index contributed by atoms with van der Waals surface area (Å²) in [6.45, 7) is 4.20. The molecule has 176 valence electrons. The molecule has 0 saturated carbocycles. The highest BCUT2D eigenvalue weighted by atomic mass is 35.5. The number of rotatable bonds is 6. The lowest BCUT2D eigenvalue weighted by Crippen LogP contribution is -2.63. The van der Waals surface area contributed by atoms with Crippen molar-refractivity contribution in [2.45, 2.75) is 39.0 Å². The summed E-state index contributed by atoms with van der Waals surface area (Å²) in [5, 5.41) is 3.44. The lowest BCUT2D eigenvalue weighted by molar-refractivity contribution is -0.133. The number of methoxy groups -OCH3 is 1. The van der Waals surface area contributed by atoms with Crippen LogP contribution in [0.4, 0.5) is 0 Å². The zero-order valence-electron chi connectivity index (χ0n) is 19.2. The van der Waals surface area contributed by atoms with Crippen LogP contribution in [0.15, 0.2) is 54.9 Å². The summed E-state index contributed by atoms with van der Waals surface area (Å²) in [7, 11) is 1.23. The summed E-state index contributed by atoms with van der Waals surface area (Å²) in [6.07, 6.45) is 1.39. The number of esters is 1. The molecule has 9 heteroatoms. The Hall–Kier alpha value is -3.65. The molecular weight excluding hydrogens is 456 g/mol. The summed E-state index contributed by atoms with van der Waals surface area (Å²) in [5.74, 6) is -1.54. The second-order valence-corrected chi connectivity index (χ2v) is 8.89. The number of hydrogen-bond acceptors (Lipinski definition) is 5. The molecule has 1 aliphatic heterocycles. The van der Waals surface area contributed by atoms with Gasteiger partial charge in [0.1, 0.15) is 11.2 Å². The molecule has 34 heavy (non-hydrogen) atoms. The highest BCUT2D eigenvalue weighted by molar-refractivity contribution is 6.31. The first-order valence-corrected chi connectivity index (χ1v) is 11.1. The molecule has 3 aromatic rings. The van der Waals surface area contributed by atoms with E-state index in [1.54, 1.807) is 25.1 Å². The highest BCUT2D eigenvalue weighted by Crippen LogP contribution is 2.32. The van der Waals surface area contributed by atoms with Crippen LogP contribution in [0, 0.1) is 6.92 Å². The van der Waals surface area contributed by atoms with Gasteiger partial charge in [-0.2, -0.15) is 0 Å². The first kappa shape index (κ1) is 23.5. The van der Waals surface area contributed by atoms with E-state index in [2.05, 4.69) is 10.3 Å². The SMILES string of the molecule is COC(=O)c1ncn2c1C(=O)N(Cc1ccccc1Cl)[C@](C)(C(=O)NCc1ccc(C)cc1)C2. The number of amides is 2. The molecule has 4 rings (SSSR count). The van der Waals surface area contributed by atoms with Crippen molar-refractivity contribution in [3.8, 4) is 0 Å². The summed E-state index contributed by atoms with van der Waals surface area (Å²) in [4.78, 5) is 45.0. The first-order valence-electron chi connectivity index (χ1n) is 10.8. The smallest absolute Gasteiger partial charge is 0.359 e. The minimum atomic E-state index is -1.26. The Morgan fingerprint density at radius 3 is 2.56 bits per heavy atom. The van der Waals surface area contributed by atoms with Crippen LogP contribution in [0.25, 0.3) is 0 Å². The number of aromatic nitrogens is 2. The molecule has 1 aromatic heterocycles. The Morgan fingerprint density at radius 1 is 1.18 bits per heavy atom. The summed E-state index contributed by atoms with van der Waals surface area (Å²) >= 11 is 6.37. The predicted molar refractivity (Wildman–Crippen MR) is 126 cm³/mol. The number of halogens is 1. The van der Waals surface area contributed by atoms with E-state index < -0.39 is 17.4 Å². The topological polar surface area (TPSA) is 93.5 Å². The van der Waals surface area contributed by atoms with Crippen molar-refractivity contribution in [3.63, 3.8) is 0 Å². The van der Waals surface area contributed by atoms with Crippen LogP contribution in [-0.4, -0.2) is 44.9 Å². The second-order valence-electron chi connectivity index (χ2n) is 8.49. The van der Waals surface area contributed by atoms with Gasteiger partial charge in [-0.1, -0.05) is 59.6 Å². The Bertz CT molecular complexity index is 1250. The van der Waals surface area contributed by atoms with Gasteiger partial charge in [-0.15, -0.1) is 0 Å². The molecule has 2 heterocycles. The van der Waals surface area contributed by atoms with Crippen LogP contribution < -0.4 is 5.32 Å². The van der Waals surface area contributed by atoms with Crippen molar-refractivity contribution in [2.24, 2.45) is 0 Å². The number of nitrogens with zero attached hydrogens (tertiary/aromatic N) is 3. The Kier molecular flexibility index (Phi) is 6.43. The minimum Gasteiger partial charge on any atom is -0.464 e. The second kappa shape index (κ2) is 9.30. The van der Waals surface area contributed by atoms with E-state index in [1.807, 2.05) is 37.3 Å². The third-order valence-corrected chi connectivity index (χ3v) is 6.46. The van der Waals surface area contributed by atoms with Gasteiger partial charge in [0.15, 0.2) is 5.69 Å². The molecule has 2 amide bonds. The molecule has 0 spiro atoms. The van der Waals surface area contributed by atoms with Gasteiger partial charge in [-0.25, -0.2) is 9.78 Å². The molecular formula is C25H25ClN4O4. The molecule has 0 aliphatic carbocycles. The van der Waals surface area contributed by atoms with Crippen molar-refractivity contribution < 1.29 is 19.1 Å². The monoisotopic (exact) mass is 480 g/mol. The van der Waals surface area contributed by atoms with Crippen LogP contribution in [0.1, 0.15) is 44.6 Å². The van der Waals surface area contributed by atoms with Crippen LogP contribution >= 0.6 is 11.6 Å². The number of carbonyl (C=O) groups excluding carboxylic acids is 3. The van der Waals surface area contributed by atoms with Gasteiger partial charge in [0.2, 0.25) is 5.91 Å². The number of benzene rings is 2. The third-order valence-electron chi connectivity index (χ3n) is 6.09. The Morgan fingerprint density at radius 2 is 1.88 bits per heavy atom. The summed E-state index contributed by atoms with van der Waals surface area (Å²) < 4.78 is 6.32. The summed E-state index contributed by atoms with van der Waals surface area (Å²) in [6, 6.07) is 15.0. The predicted octanol–water partition coefficient (Wildman–Crippen LogP) is 3.36. The normalized spacial score (nSPS) is 17.3. The zero-order chi connectivity index (χ0) is 24.5. The maximum Gasteiger partial charge on any atom is 0.359 e. The number of hydrogen-bond donors (Lipinski definition) is 1. The van der Waals surface area contributed by atoms with Crippen LogP contribution in [0.3, 0.4) is 0 Å². The van der Waals surface area contributed by atoms with E-state index in [4.69, 9.17) is 16.3 Å². The van der Waals surface area contributed by atoms with Crippen LogP contribution in [0.5, 0.6) is 0 Å². The van der Waals surface area contributed by atoms with E-state index in [-0.39, 0.29) is 30.4 Å². The van der Waals surface area contributed by atoms with Gasteiger partial charge in [-0.3, -0.25) is 9.59 Å². The van der Waals surface area contributed by atoms with E-state index >= 15 is 0 Å². The fourth-order valence-electron chi connectivity index (χ4n) is 4.06. The molecule has 2 aromatic carbocycles. The van der Waals surface area contributed by atoms with Gasteiger partial charge in [0.25, 0.3) is 5.91 Å². The molecule has 8 nitrogen and oxygen atoms in total. The molecule has 1 atom stereocenters. The maximum atomic E-state index is 13.7. The van der Waals surface area contributed by atoms with Gasteiger partial charge in [0, 0.05) is 18.1 Å². The largest absolute Gasteiger partial charge is 0.464 e. The van der Waals surface area contributed by atoms with Crippen molar-refractivity contribution in [3.05, 3.63) is 88.0 Å². The molecule has 0 unspecified atom stereocenters. The van der Waals surface area contributed by atoms with Gasteiger partial charge in [-0.05, 0) is 31.0 Å². The van der Waals surface area contributed by atoms with E-state index in [0.717, 1.165) is 11.1 Å². The number of imidazole rings is 1. The standard InChI is InChI=1S/C25H25ClN4O4/c1-16-8-10-17(11-9-16)12-27-24(33)25(2)14-29-15-28-20(23(32)34-3)21(29)22(31)30(25)13-18-6-4-5-7-19(18)26/h4-11,15H,12-14H2,1-3H3,(H,27,33)/t25-/m0/s1. The van der Waals surface area contributed by atoms with Gasteiger partial charge >= 0.3 is 5.97 Å². The molecule has 0 radical (unpaired) electrons. The van der Waals surface area contributed by atoms with E-state index in [0.29, 0.717) is 17.1 Å². The lowest BCUT2D eigenvalue weighted by Gasteiger charge is -2.43. The number of carbonyl (C=O) groups is 3. The number of nitrogens with one attached hydrogen (secondary N) is 1. The molecule has 0 fully saturated rings. The highest BCUT2D eigenvalue weighted by Gasteiger charge is 2.49. The van der Waals surface area contributed by atoms with Crippen molar-refractivity contribution in [2.75, 3.05) is 7.11 Å². The number of aryl methyl sites for hydroxylation is 1. The number of fused-ring (bicyclic) bond motifs is 1. The molecule has 1 N–H and O–H groups in total. The lowest BCUT2D eigenvalue weighted by atomic mass is 9.93. The van der Waals surface area contributed by atoms with E-state index in [9.17, 15) is 14.4 Å². The van der Waals surface area contributed by atoms with Crippen molar-refractivity contribution >= 4 is 29.4 Å². The van der Waals surface area contributed by atoms with Crippen LogP contribution in [0.2, 0.25) is 5.02 Å². The molecule has 1 aliphatic rings. The first-order chi connectivity index (χ1) is 16.2. The van der Waals surface area contributed by atoms with Gasteiger partial charge in [0.05, 0.1) is 20.0 Å². The molecule has 0 saturated heterocycles. The minimum absolute atomic E-state index is 0.0821. The average Bonchev–Trinajstić information content (AvgIpc) is 3.25. The zero-order valence-corrected chi connectivity index (χ0v) is 19.9. The van der Waals surface area contributed by atoms with Gasteiger partial charge < -0.3 is 19.5 Å². The average molecular weight is 481 g/mol. The quantitative estimate of drug-likeness (QED) is 0.546. The van der Waals surface area contributed by atoms with Crippen molar-refractivity contribution in [1.82, 2.24) is 19.8 Å². The van der Waals surface area contributed by atoms with E-state index in [1.165, 1.54) is 22.9 Å². The maximum absolute atomic E-state index is 13.7. The number of ether oxygens (including phenoxy) is 1. The van der Waals surface area contributed by atoms with Crippen molar-refractivity contribution in [1.29, 1.82) is 0 Å². The Labute approximate surface area is 202 Å². The fraction of sp³-hybridized carbons (Fsp3) is 0.280. The molecule has 0 bridgehead atoms. The third kappa shape index (κ3) is 4.28. The summed E-state index contributed by atoms with van der Waals surface area (Å²) in [5.41, 5.74) is 1.49. The van der Waals surface area contributed by atoms with Crippen LogP contribution in [-0.2, 0) is 29.2 Å². The fourth-order valence-corrected chi connectivity index (χ4v) is 4.25. The Balaban J connectivity index is 1.70.